The zero-order valence-electron chi connectivity index (χ0n) is 32.8. The first-order valence-corrected chi connectivity index (χ1v) is 22.1. The van der Waals surface area contributed by atoms with Gasteiger partial charge >= 0.3 is 0 Å². The maximum Gasteiger partial charge on any atom is 0.125 e. The first-order chi connectivity index (χ1) is 23.3. The molecule has 0 aliphatic rings. The molecule has 2 heteroatoms. The van der Waals surface area contributed by atoms with Crippen LogP contribution in [0.1, 0.15) is 262 Å². The molecule has 1 aromatic heterocycles. The van der Waals surface area contributed by atoms with E-state index in [4.69, 9.17) is 9.97 Å². The molecule has 0 spiro atoms. The van der Waals surface area contributed by atoms with Crippen LogP contribution in [0.15, 0.2) is 6.07 Å². The molecule has 1 heterocycles. The molecule has 0 aliphatic carbocycles. The van der Waals surface area contributed by atoms with Crippen LogP contribution >= 0.6 is 0 Å². The highest BCUT2D eigenvalue weighted by atomic mass is 14.9. The lowest BCUT2D eigenvalue weighted by Gasteiger charge is -2.07. The maximum atomic E-state index is 4.77. The summed E-state index contributed by atoms with van der Waals surface area (Å²) in [4.78, 5) is 9.53. The predicted octanol–water partition coefficient (Wildman–Crippen LogP) is 16.0. The average molecular weight is 655 g/mol. The van der Waals surface area contributed by atoms with Gasteiger partial charge in [0.1, 0.15) is 5.82 Å². The molecule has 1 aromatic rings. The summed E-state index contributed by atoms with van der Waals surface area (Å²) >= 11 is 0. The zero-order chi connectivity index (χ0) is 33.7. The Bertz CT molecular complexity index is 685. The van der Waals surface area contributed by atoms with E-state index in [-0.39, 0.29) is 0 Å². The third-order valence-electron chi connectivity index (χ3n) is 10.5. The lowest BCUT2D eigenvalue weighted by Crippen LogP contribution is -2.01. The van der Waals surface area contributed by atoms with Crippen LogP contribution < -0.4 is 0 Å². The van der Waals surface area contributed by atoms with Gasteiger partial charge in [-0.1, -0.05) is 232 Å². The van der Waals surface area contributed by atoms with E-state index < -0.39 is 0 Å². The van der Waals surface area contributed by atoms with Gasteiger partial charge in [-0.2, -0.15) is 0 Å². The zero-order valence-corrected chi connectivity index (χ0v) is 32.8. The van der Waals surface area contributed by atoms with Crippen molar-refractivity contribution < 1.29 is 0 Å². The van der Waals surface area contributed by atoms with Crippen LogP contribution in [0, 0.1) is 6.92 Å². The third kappa shape index (κ3) is 32.1. The monoisotopic (exact) mass is 655 g/mol. The minimum atomic E-state index is 0.974. The maximum absolute atomic E-state index is 4.77. The van der Waals surface area contributed by atoms with Gasteiger partial charge in [-0.25, -0.2) is 9.97 Å². The van der Waals surface area contributed by atoms with Gasteiger partial charge in [0.25, 0.3) is 0 Å². The molecule has 0 N–H and O–H groups in total. The van der Waals surface area contributed by atoms with Crippen molar-refractivity contribution in [2.24, 2.45) is 0 Å². The van der Waals surface area contributed by atoms with Crippen LogP contribution in [0.5, 0.6) is 0 Å². The van der Waals surface area contributed by atoms with Gasteiger partial charge < -0.3 is 0 Å². The van der Waals surface area contributed by atoms with E-state index in [1.165, 1.54) is 243 Å². The van der Waals surface area contributed by atoms with Crippen LogP contribution in [0.3, 0.4) is 0 Å². The molecular weight excluding hydrogens is 569 g/mol. The van der Waals surface area contributed by atoms with Gasteiger partial charge in [-0.3, -0.25) is 0 Å². The first kappa shape index (κ1) is 44.1. The van der Waals surface area contributed by atoms with Crippen molar-refractivity contribution >= 4 is 0 Å². The summed E-state index contributed by atoms with van der Waals surface area (Å²) in [6, 6.07) is 2.31. The Morgan fingerprint density at radius 1 is 0.298 bits per heavy atom. The molecule has 0 amide bonds. The van der Waals surface area contributed by atoms with E-state index in [0.717, 1.165) is 18.7 Å². The first-order valence-electron chi connectivity index (χ1n) is 22.1. The molecule has 0 fully saturated rings. The third-order valence-corrected chi connectivity index (χ3v) is 10.5. The molecule has 0 aliphatic heterocycles. The molecule has 0 atom stereocenters. The summed E-state index contributed by atoms with van der Waals surface area (Å²) in [7, 11) is 0. The van der Waals surface area contributed by atoms with Crippen molar-refractivity contribution in [1.29, 1.82) is 0 Å². The highest BCUT2D eigenvalue weighted by molar-refractivity contribution is 5.11. The minimum Gasteiger partial charge on any atom is -0.238 e. The van der Waals surface area contributed by atoms with Gasteiger partial charge in [-0.05, 0) is 38.7 Å². The summed E-state index contributed by atoms with van der Waals surface area (Å²) in [6.07, 6.45) is 53.9. The van der Waals surface area contributed by atoms with Crippen LogP contribution in [0.25, 0.3) is 0 Å². The number of aryl methyl sites for hydroxylation is 3. The lowest BCUT2D eigenvalue weighted by molar-refractivity contribution is 0.524. The highest BCUT2D eigenvalue weighted by Crippen LogP contribution is 2.17. The van der Waals surface area contributed by atoms with E-state index in [2.05, 4.69) is 26.8 Å². The summed E-state index contributed by atoms with van der Waals surface area (Å²) in [5.41, 5.74) is 2.57. The second kappa shape index (κ2) is 36.4. The van der Waals surface area contributed by atoms with Gasteiger partial charge in [0, 0.05) is 11.4 Å². The van der Waals surface area contributed by atoms with Gasteiger partial charge in [0.2, 0.25) is 0 Å². The number of unbranched alkanes of at least 4 members (excludes halogenated alkanes) is 34. The summed E-state index contributed by atoms with van der Waals surface area (Å²) in [5.74, 6) is 0.974. The number of rotatable bonds is 38. The van der Waals surface area contributed by atoms with Gasteiger partial charge in [0.05, 0.1) is 0 Å². The largest absolute Gasteiger partial charge is 0.238 e. The smallest absolute Gasteiger partial charge is 0.125 e. The number of nitrogens with zero attached hydrogens (tertiary/aromatic N) is 2. The Morgan fingerprint density at radius 2 is 0.489 bits per heavy atom. The van der Waals surface area contributed by atoms with E-state index in [0.29, 0.717) is 0 Å². The van der Waals surface area contributed by atoms with Crippen molar-refractivity contribution in [2.45, 2.75) is 265 Å². The lowest BCUT2D eigenvalue weighted by atomic mass is 10.0. The molecule has 0 unspecified atom stereocenters. The SMILES string of the molecule is CCCCCCCCCCCCCCCCCCCCc1cc(CCCCCCCCCCCCCCCCCCCC)nc(C)n1. The van der Waals surface area contributed by atoms with E-state index in [9.17, 15) is 0 Å². The van der Waals surface area contributed by atoms with Gasteiger partial charge in [0.15, 0.2) is 0 Å². The molecule has 47 heavy (non-hydrogen) atoms. The predicted molar refractivity (Wildman–Crippen MR) is 212 cm³/mol. The standard InChI is InChI=1S/C45H86N2/c1-4-6-8-10-12-14-16-18-20-22-24-26-28-30-32-34-36-38-40-44-42-45(47-43(3)46-44)41-39-37-35-33-31-29-27-25-23-21-19-17-15-13-11-9-7-5-2/h42H,4-41H2,1-3H3. The molecule has 0 radical (unpaired) electrons. The van der Waals surface area contributed by atoms with Crippen molar-refractivity contribution in [2.75, 3.05) is 0 Å². The number of aromatic nitrogens is 2. The number of hydrogen-bond donors (Lipinski definition) is 0. The van der Waals surface area contributed by atoms with Crippen LogP contribution in [0.4, 0.5) is 0 Å². The Hall–Kier alpha value is -0.920. The van der Waals surface area contributed by atoms with Gasteiger partial charge in [-0.15, -0.1) is 0 Å². The van der Waals surface area contributed by atoms with Crippen molar-refractivity contribution in [3.05, 3.63) is 23.3 Å². The van der Waals surface area contributed by atoms with E-state index in [1.807, 2.05) is 0 Å². The molecule has 2 nitrogen and oxygen atoms in total. The second-order valence-corrected chi connectivity index (χ2v) is 15.4. The van der Waals surface area contributed by atoms with Crippen molar-refractivity contribution in [3.8, 4) is 0 Å². The minimum absolute atomic E-state index is 0.974. The summed E-state index contributed by atoms with van der Waals surface area (Å²) < 4.78 is 0. The Kier molecular flexibility index (Phi) is 34.1. The summed E-state index contributed by atoms with van der Waals surface area (Å²) in [5, 5.41) is 0. The number of hydrogen-bond acceptors (Lipinski definition) is 2. The van der Waals surface area contributed by atoms with E-state index in [1.54, 1.807) is 0 Å². The molecule has 0 saturated carbocycles. The van der Waals surface area contributed by atoms with Crippen LogP contribution in [0.2, 0.25) is 0 Å². The second-order valence-electron chi connectivity index (χ2n) is 15.4. The Balaban J connectivity index is 1.88. The quantitative estimate of drug-likeness (QED) is 0.0663. The van der Waals surface area contributed by atoms with Crippen LogP contribution in [-0.2, 0) is 12.8 Å². The van der Waals surface area contributed by atoms with Crippen molar-refractivity contribution in [3.63, 3.8) is 0 Å². The molecular formula is C45H86N2. The fourth-order valence-electron chi connectivity index (χ4n) is 7.37. The average Bonchev–Trinajstić information content (AvgIpc) is 3.07. The molecule has 0 aromatic carbocycles. The molecule has 0 bridgehead atoms. The molecule has 276 valence electrons. The molecule has 0 saturated heterocycles. The highest BCUT2D eigenvalue weighted by Gasteiger charge is 2.04. The fraction of sp³-hybridized carbons (Fsp3) is 0.911. The normalized spacial score (nSPS) is 11.6. The Morgan fingerprint density at radius 3 is 0.702 bits per heavy atom. The Labute approximate surface area is 297 Å². The topological polar surface area (TPSA) is 25.8 Å². The van der Waals surface area contributed by atoms with Crippen molar-refractivity contribution in [1.82, 2.24) is 9.97 Å². The fourth-order valence-corrected chi connectivity index (χ4v) is 7.37. The van der Waals surface area contributed by atoms with E-state index >= 15 is 0 Å². The summed E-state index contributed by atoms with van der Waals surface area (Å²) in [6.45, 7) is 6.69. The van der Waals surface area contributed by atoms with Crippen LogP contribution in [-0.4, -0.2) is 9.97 Å². The molecule has 1 rings (SSSR count).